The van der Waals surface area contributed by atoms with Crippen molar-refractivity contribution in [1.29, 1.82) is 0 Å². The Morgan fingerprint density at radius 3 is 2.79 bits per heavy atom. The van der Waals surface area contributed by atoms with Gasteiger partial charge in [0.15, 0.2) is 0 Å². The van der Waals surface area contributed by atoms with Gasteiger partial charge in [-0.25, -0.2) is 0 Å². The zero-order valence-electron chi connectivity index (χ0n) is 11.4. The maximum Gasteiger partial charge on any atom is 0.122 e. The van der Waals surface area contributed by atoms with E-state index in [4.69, 9.17) is 9.47 Å². The van der Waals surface area contributed by atoms with E-state index in [1.807, 2.05) is 0 Å². The molecule has 1 spiro atoms. The van der Waals surface area contributed by atoms with Crippen molar-refractivity contribution in [2.24, 2.45) is 5.92 Å². The first-order valence-electron chi connectivity index (χ1n) is 7.76. The van der Waals surface area contributed by atoms with Gasteiger partial charge in [-0.3, -0.25) is 0 Å². The van der Waals surface area contributed by atoms with Gasteiger partial charge in [0.2, 0.25) is 0 Å². The Balaban J connectivity index is 1.68. The van der Waals surface area contributed by atoms with Crippen molar-refractivity contribution in [2.45, 2.75) is 56.7 Å². The van der Waals surface area contributed by atoms with Crippen LogP contribution < -0.4 is 4.74 Å². The molecule has 0 aromatic heterocycles. The lowest BCUT2D eigenvalue weighted by molar-refractivity contribution is -0.177. The molecule has 4 rings (SSSR count). The summed E-state index contributed by atoms with van der Waals surface area (Å²) in [4.78, 5) is 0. The van der Waals surface area contributed by atoms with Gasteiger partial charge in [-0.05, 0) is 30.9 Å². The molecule has 2 aliphatic heterocycles. The fraction of sp³-hybridized carbons (Fsp3) is 0.647. The molecular weight excluding hydrogens is 236 g/mol. The van der Waals surface area contributed by atoms with Crippen LogP contribution in [0.15, 0.2) is 24.3 Å². The molecule has 0 radical (unpaired) electrons. The largest absolute Gasteiger partial charge is 0.490 e. The number of hydrogen-bond donors (Lipinski definition) is 0. The van der Waals surface area contributed by atoms with E-state index in [-0.39, 0.29) is 5.60 Å². The first-order valence-corrected chi connectivity index (χ1v) is 7.76. The van der Waals surface area contributed by atoms with Gasteiger partial charge in [0, 0.05) is 12.3 Å². The zero-order valence-corrected chi connectivity index (χ0v) is 11.4. The quantitative estimate of drug-likeness (QED) is 0.706. The van der Waals surface area contributed by atoms with E-state index in [9.17, 15) is 0 Å². The Morgan fingerprint density at radius 1 is 1.05 bits per heavy atom. The fourth-order valence-corrected chi connectivity index (χ4v) is 4.34. The molecule has 2 nitrogen and oxygen atoms in total. The third kappa shape index (κ3) is 1.88. The van der Waals surface area contributed by atoms with Crippen molar-refractivity contribution in [1.82, 2.24) is 0 Å². The van der Waals surface area contributed by atoms with Crippen LogP contribution in [0.3, 0.4) is 0 Å². The Kier molecular flexibility index (Phi) is 2.80. The summed E-state index contributed by atoms with van der Waals surface area (Å²) in [6, 6.07) is 8.54. The van der Waals surface area contributed by atoms with Crippen LogP contribution in [-0.2, 0) is 11.2 Å². The SMILES string of the molecule is c1ccc2c(c1)C[C@@H]1[C@H](CCOC13CCCCC3)O2. The molecule has 19 heavy (non-hydrogen) atoms. The van der Waals surface area contributed by atoms with Gasteiger partial charge in [0.05, 0.1) is 12.2 Å². The molecule has 1 saturated heterocycles. The third-order valence-electron chi connectivity index (χ3n) is 5.31. The molecule has 3 aliphatic rings. The van der Waals surface area contributed by atoms with Crippen LogP contribution in [0.5, 0.6) is 5.75 Å². The van der Waals surface area contributed by atoms with Crippen molar-refractivity contribution < 1.29 is 9.47 Å². The summed E-state index contributed by atoms with van der Waals surface area (Å²) in [6.07, 6.45) is 9.07. The standard InChI is InChI=1S/C17H22O2/c1-4-9-17(10-5-1)14-12-13-6-2-3-7-15(13)19-16(14)8-11-18-17/h2-3,6-7,14,16H,1,4-5,8-12H2/t14-,16+/m1/s1. The van der Waals surface area contributed by atoms with E-state index < -0.39 is 0 Å². The summed E-state index contributed by atoms with van der Waals surface area (Å²) in [5.41, 5.74) is 1.49. The highest BCUT2D eigenvalue weighted by molar-refractivity contribution is 5.36. The Bertz CT molecular complexity index is 457. The van der Waals surface area contributed by atoms with Crippen molar-refractivity contribution in [3.63, 3.8) is 0 Å². The number of fused-ring (bicyclic) bond motifs is 3. The summed E-state index contributed by atoms with van der Waals surface area (Å²) >= 11 is 0. The van der Waals surface area contributed by atoms with Crippen LogP contribution in [0.2, 0.25) is 0 Å². The lowest BCUT2D eigenvalue weighted by Crippen LogP contribution is -2.55. The molecule has 0 unspecified atom stereocenters. The number of benzene rings is 1. The summed E-state index contributed by atoms with van der Waals surface area (Å²) in [5, 5.41) is 0. The van der Waals surface area contributed by atoms with Crippen molar-refractivity contribution in [3.8, 4) is 5.75 Å². The van der Waals surface area contributed by atoms with E-state index >= 15 is 0 Å². The smallest absolute Gasteiger partial charge is 0.122 e. The van der Waals surface area contributed by atoms with Crippen molar-refractivity contribution in [2.75, 3.05) is 6.61 Å². The predicted octanol–water partition coefficient (Wildman–Crippen LogP) is 3.73. The van der Waals surface area contributed by atoms with Crippen LogP contribution in [-0.4, -0.2) is 18.3 Å². The third-order valence-corrected chi connectivity index (χ3v) is 5.31. The molecular formula is C17H22O2. The van der Waals surface area contributed by atoms with Gasteiger partial charge in [-0.2, -0.15) is 0 Å². The Morgan fingerprint density at radius 2 is 1.89 bits per heavy atom. The van der Waals surface area contributed by atoms with Gasteiger partial charge in [-0.15, -0.1) is 0 Å². The minimum atomic E-state index is 0.120. The van der Waals surface area contributed by atoms with Crippen molar-refractivity contribution >= 4 is 0 Å². The second-order valence-corrected chi connectivity index (χ2v) is 6.34. The fourth-order valence-electron chi connectivity index (χ4n) is 4.34. The van der Waals surface area contributed by atoms with Gasteiger partial charge >= 0.3 is 0 Å². The Hall–Kier alpha value is -1.02. The van der Waals surface area contributed by atoms with E-state index in [1.54, 1.807) is 0 Å². The predicted molar refractivity (Wildman–Crippen MR) is 74.4 cm³/mol. The van der Waals surface area contributed by atoms with E-state index in [2.05, 4.69) is 24.3 Å². The number of rotatable bonds is 0. The first kappa shape index (κ1) is 11.8. The monoisotopic (exact) mass is 258 g/mol. The lowest BCUT2D eigenvalue weighted by Gasteiger charge is -2.51. The first-order chi connectivity index (χ1) is 9.37. The summed E-state index contributed by atoms with van der Waals surface area (Å²) < 4.78 is 12.6. The highest BCUT2D eigenvalue weighted by Crippen LogP contribution is 2.47. The molecule has 0 bridgehead atoms. The highest BCUT2D eigenvalue weighted by atomic mass is 16.5. The normalized spacial score (nSPS) is 32.2. The average Bonchev–Trinajstić information content (AvgIpc) is 2.47. The second kappa shape index (κ2) is 4.52. The van der Waals surface area contributed by atoms with E-state index in [0.29, 0.717) is 12.0 Å². The zero-order chi connectivity index (χ0) is 12.7. The molecule has 0 amide bonds. The lowest BCUT2D eigenvalue weighted by atomic mass is 9.68. The van der Waals surface area contributed by atoms with Crippen LogP contribution in [0.4, 0.5) is 0 Å². The van der Waals surface area contributed by atoms with Gasteiger partial charge in [0.25, 0.3) is 0 Å². The summed E-state index contributed by atoms with van der Waals surface area (Å²) in [6.45, 7) is 0.878. The molecule has 102 valence electrons. The van der Waals surface area contributed by atoms with Crippen molar-refractivity contribution in [3.05, 3.63) is 29.8 Å². The molecule has 2 atom stereocenters. The topological polar surface area (TPSA) is 18.5 Å². The number of hydrogen-bond acceptors (Lipinski definition) is 2. The van der Waals surface area contributed by atoms with Crippen LogP contribution in [0.25, 0.3) is 0 Å². The molecule has 0 N–H and O–H groups in total. The van der Waals surface area contributed by atoms with Gasteiger partial charge in [-0.1, -0.05) is 37.5 Å². The average molecular weight is 258 g/mol. The van der Waals surface area contributed by atoms with Gasteiger partial charge < -0.3 is 9.47 Å². The Labute approximate surface area is 115 Å². The molecule has 1 saturated carbocycles. The highest BCUT2D eigenvalue weighted by Gasteiger charge is 2.49. The van der Waals surface area contributed by atoms with E-state index in [0.717, 1.165) is 25.2 Å². The molecule has 2 heteroatoms. The van der Waals surface area contributed by atoms with Crippen LogP contribution >= 0.6 is 0 Å². The molecule has 2 fully saturated rings. The number of para-hydroxylation sites is 1. The van der Waals surface area contributed by atoms with E-state index in [1.165, 1.54) is 37.7 Å². The molecule has 1 aromatic carbocycles. The second-order valence-electron chi connectivity index (χ2n) is 6.34. The molecule has 1 aliphatic carbocycles. The minimum Gasteiger partial charge on any atom is -0.490 e. The summed E-state index contributed by atoms with van der Waals surface area (Å²) in [5.74, 6) is 1.67. The van der Waals surface area contributed by atoms with Gasteiger partial charge in [0.1, 0.15) is 11.9 Å². The minimum absolute atomic E-state index is 0.120. The number of ether oxygens (including phenoxy) is 2. The molecule has 1 aromatic rings. The van der Waals surface area contributed by atoms with Crippen LogP contribution in [0, 0.1) is 5.92 Å². The maximum absolute atomic E-state index is 6.31. The van der Waals surface area contributed by atoms with Crippen LogP contribution in [0.1, 0.15) is 44.1 Å². The molecule has 2 heterocycles. The summed E-state index contributed by atoms with van der Waals surface area (Å²) in [7, 11) is 0. The maximum atomic E-state index is 6.31.